The van der Waals surface area contributed by atoms with Crippen LogP contribution in [0.25, 0.3) is 16.0 Å². The Morgan fingerprint density at radius 3 is 2.87 bits per heavy atom. The van der Waals surface area contributed by atoms with Crippen molar-refractivity contribution in [2.24, 2.45) is 0 Å². The van der Waals surface area contributed by atoms with E-state index in [0.29, 0.717) is 10.4 Å². The standard InChI is InChI=1S/C17H12N2O3S/c1-22-10-6-7-13-12(8-10)18-17-19(13)9-15(23-17)16(21)11-4-2-3-5-14(11)20/h2-9,20H,1H3. The number of ketones is 1. The van der Waals surface area contributed by atoms with Gasteiger partial charge in [-0.25, -0.2) is 4.98 Å². The second-order valence-electron chi connectivity index (χ2n) is 5.06. The van der Waals surface area contributed by atoms with Gasteiger partial charge < -0.3 is 9.84 Å². The molecule has 0 fully saturated rings. The summed E-state index contributed by atoms with van der Waals surface area (Å²) in [5, 5.41) is 9.84. The number of ether oxygens (including phenoxy) is 1. The zero-order valence-electron chi connectivity index (χ0n) is 12.2. The molecule has 0 saturated heterocycles. The molecule has 114 valence electrons. The lowest BCUT2D eigenvalue weighted by Crippen LogP contribution is -1.98. The van der Waals surface area contributed by atoms with Gasteiger partial charge in [0, 0.05) is 12.3 Å². The number of hydrogen-bond donors (Lipinski definition) is 1. The van der Waals surface area contributed by atoms with E-state index in [1.54, 1.807) is 31.5 Å². The van der Waals surface area contributed by atoms with Gasteiger partial charge in [0.25, 0.3) is 0 Å². The van der Waals surface area contributed by atoms with Gasteiger partial charge in [0.05, 0.1) is 28.6 Å². The van der Waals surface area contributed by atoms with Crippen LogP contribution in [0.4, 0.5) is 0 Å². The average Bonchev–Trinajstić information content (AvgIpc) is 3.11. The molecule has 0 aliphatic rings. The van der Waals surface area contributed by atoms with Crippen molar-refractivity contribution in [2.75, 3.05) is 7.11 Å². The number of thiazole rings is 1. The first-order valence-electron chi connectivity index (χ1n) is 6.96. The van der Waals surface area contributed by atoms with Gasteiger partial charge in [0.2, 0.25) is 5.78 Å². The summed E-state index contributed by atoms with van der Waals surface area (Å²) in [4.78, 5) is 18.4. The molecule has 0 aliphatic heterocycles. The summed E-state index contributed by atoms with van der Waals surface area (Å²) >= 11 is 1.30. The molecule has 0 radical (unpaired) electrons. The monoisotopic (exact) mass is 324 g/mol. The number of nitrogens with zero attached hydrogens (tertiary/aromatic N) is 2. The minimum absolute atomic E-state index is 0.0156. The van der Waals surface area contributed by atoms with Gasteiger partial charge >= 0.3 is 0 Å². The number of phenols is 1. The van der Waals surface area contributed by atoms with Crippen molar-refractivity contribution in [2.45, 2.75) is 0 Å². The van der Waals surface area contributed by atoms with E-state index in [0.717, 1.165) is 21.7 Å². The number of aromatic nitrogens is 2. The van der Waals surface area contributed by atoms with E-state index in [1.807, 2.05) is 22.6 Å². The molecule has 2 aromatic carbocycles. The third-order valence-corrected chi connectivity index (χ3v) is 4.67. The third-order valence-electron chi connectivity index (χ3n) is 3.68. The minimum Gasteiger partial charge on any atom is -0.507 e. The predicted octanol–water partition coefficient (Wildman–Crippen LogP) is 3.49. The molecule has 6 heteroatoms. The number of imidazole rings is 1. The van der Waals surface area contributed by atoms with E-state index in [1.165, 1.54) is 17.4 Å². The fourth-order valence-corrected chi connectivity index (χ4v) is 3.48. The lowest BCUT2D eigenvalue weighted by atomic mass is 10.1. The Morgan fingerprint density at radius 1 is 1.26 bits per heavy atom. The fraction of sp³-hybridized carbons (Fsp3) is 0.0588. The number of methoxy groups -OCH3 is 1. The molecule has 1 N–H and O–H groups in total. The predicted molar refractivity (Wildman–Crippen MR) is 88.7 cm³/mol. The van der Waals surface area contributed by atoms with E-state index in [4.69, 9.17) is 4.74 Å². The number of carbonyl (C=O) groups is 1. The normalized spacial score (nSPS) is 11.2. The van der Waals surface area contributed by atoms with Gasteiger partial charge in [0.15, 0.2) is 4.96 Å². The molecule has 0 unspecified atom stereocenters. The quantitative estimate of drug-likeness (QED) is 0.586. The van der Waals surface area contributed by atoms with Gasteiger partial charge in [-0.3, -0.25) is 9.20 Å². The number of phenolic OH excluding ortho intramolecular Hbond substituents is 1. The lowest BCUT2D eigenvalue weighted by Gasteiger charge is -2.00. The summed E-state index contributed by atoms with van der Waals surface area (Å²) in [5.41, 5.74) is 2.02. The first kappa shape index (κ1) is 13.8. The highest BCUT2D eigenvalue weighted by Crippen LogP contribution is 2.29. The number of fused-ring (bicyclic) bond motifs is 3. The maximum Gasteiger partial charge on any atom is 0.208 e. The van der Waals surface area contributed by atoms with Crippen LogP contribution in [0.15, 0.2) is 48.7 Å². The van der Waals surface area contributed by atoms with Gasteiger partial charge in [-0.1, -0.05) is 23.5 Å². The second kappa shape index (κ2) is 5.10. The molecule has 0 spiro atoms. The fourth-order valence-electron chi connectivity index (χ4n) is 2.53. The maximum atomic E-state index is 12.6. The summed E-state index contributed by atoms with van der Waals surface area (Å²) in [7, 11) is 1.61. The molecule has 4 aromatic rings. The zero-order valence-corrected chi connectivity index (χ0v) is 13.0. The van der Waals surface area contributed by atoms with Crippen LogP contribution in [0.5, 0.6) is 11.5 Å². The van der Waals surface area contributed by atoms with Crippen LogP contribution >= 0.6 is 11.3 Å². The third kappa shape index (κ3) is 2.15. The van der Waals surface area contributed by atoms with Crippen LogP contribution in [0, 0.1) is 0 Å². The Hall–Kier alpha value is -2.86. The van der Waals surface area contributed by atoms with Gasteiger partial charge in [-0.15, -0.1) is 0 Å². The molecule has 23 heavy (non-hydrogen) atoms. The number of hydrogen-bond acceptors (Lipinski definition) is 5. The summed E-state index contributed by atoms with van der Waals surface area (Å²) in [6.07, 6.45) is 1.76. The van der Waals surface area contributed by atoms with Crippen molar-refractivity contribution in [3.63, 3.8) is 0 Å². The highest BCUT2D eigenvalue weighted by molar-refractivity contribution is 7.19. The second-order valence-corrected chi connectivity index (χ2v) is 6.07. The summed E-state index contributed by atoms with van der Waals surface area (Å²) in [6, 6.07) is 12.2. The highest BCUT2D eigenvalue weighted by atomic mass is 32.1. The zero-order chi connectivity index (χ0) is 16.0. The molecule has 2 heterocycles. The molecule has 0 saturated carbocycles. The van der Waals surface area contributed by atoms with E-state index in [2.05, 4.69) is 4.98 Å². The summed E-state index contributed by atoms with van der Waals surface area (Å²) in [6.45, 7) is 0. The van der Waals surface area contributed by atoms with Crippen LogP contribution in [0.1, 0.15) is 15.2 Å². The van der Waals surface area contributed by atoms with Gasteiger partial charge in [0.1, 0.15) is 11.5 Å². The van der Waals surface area contributed by atoms with Crippen molar-refractivity contribution < 1.29 is 14.6 Å². The van der Waals surface area contributed by atoms with E-state index >= 15 is 0 Å². The Morgan fingerprint density at radius 2 is 2.09 bits per heavy atom. The van der Waals surface area contributed by atoms with Crippen LogP contribution in [-0.2, 0) is 0 Å². The average molecular weight is 324 g/mol. The van der Waals surface area contributed by atoms with E-state index in [9.17, 15) is 9.90 Å². The minimum atomic E-state index is -0.208. The number of benzene rings is 2. The Bertz CT molecular complexity index is 1050. The molecule has 4 rings (SSSR count). The van der Waals surface area contributed by atoms with Crippen molar-refractivity contribution >= 4 is 33.1 Å². The molecule has 0 aliphatic carbocycles. The molecule has 5 nitrogen and oxygen atoms in total. The van der Waals surface area contributed by atoms with Crippen LogP contribution in [0.2, 0.25) is 0 Å². The highest BCUT2D eigenvalue weighted by Gasteiger charge is 2.18. The lowest BCUT2D eigenvalue weighted by molar-refractivity contribution is 0.103. The number of aromatic hydroxyl groups is 1. The SMILES string of the molecule is COc1ccc2c(c1)nc1sc(C(=O)c3ccccc3O)cn12. The largest absolute Gasteiger partial charge is 0.507 e. The Kier molecular flexibility index (Phi) is 3.06. The van der Waals surface area contributed by atoms with E-state index < -0.39 is 0 Å². The molecule has 0 atom stereocenters. The summed E-state index contributed by atoms with van der Waals surface area (Å²) < 4.78 is 7.08. The van der Waals surface area contributed by atoms with E-state index in [-0.39, 0.29) is 11.5 Å². The van der Waals surface area contributed by atoms with Crippen LogP contribution in [-0.4, -0.2) is 27.4 Å². The topological polar surface area (TPSA) is 63.8 Å². The number of rotatable bonds is 3. The Balaban J connectivity index is 1.83. The molecular formula is C17H12N2O3S. The molecule has 0 bridgehead atoms. The molecule has 0 amide bonds. The van der Waals surface area contributed by atoms with Crippen molar-refractivity contribution in [1.82, 2.24) is 9.38 Å². The van der Waals surface area contributed by atoms with Crippen molar-refractivity contribution in [3.8, 4) is 11.5 Å². The maximum absolute atomic E-state index is 12.6. The van der Waals surface area contributed by atoms with Gasteiger partial charge in [-0.05, 0) is 24.3 Å². The molecule has 2 aromatic heterocycles. The number of carbonyl (C=O) groups excluding carboxylic acids is 1. The van der Waals surface area contributed by atoms with Crippen molar-refractivity contribution in [1.29, 1.82) is 0 Å². The molecular weight excluding hydrogens is 312 g/mol. The Labute approximate surface area is 135 Å². The summed E-state index contributed by atoms with van der Waals surface area (Å²) in [5.74, 6) is 0.521. The van der Waals surface area contributed by atoms with Crippen LogP contribution < -0.4 is 4.74 Å². The first-order valence-corrected chi connectivity index (χ1v) is 7.77. The van der Waals surface area contributed by atoms with Gasteiger partial charge in [-0.2, -0.15) is 0 Å². The number of para-hydroxylation sites is 1. The smallest absolute Gasteiger partial charge is 0.208 e. The van der Waals surface area contributed by atoms with Crippen molar-refractivity contribution in [3.05, 3.63) is 59.1 Å². The first-order chi connectivity index (χ1) is 11.2. The van der Waals surface area contributed by atoms with Crippen LogP contribution in [0.3, 0.4) is 0 Å².